The van der Waals surface area contributed by atoms with Gasteiger partial charge in [-0.2, -0.15) is 0 Å². The molecule has 3 aromatic carbocycles. The number of hydrogen-bond donors (Lipinski definition) is 2. The monoisotopic (exact) mass is 486 g/mol. The quantitative estimate of drug-likeness (QED) is 0.387. The van der Waals surface area contributed by atoms with Gasteiger partial charge < -0.3 is 14.9 Å². The number of ether oxygens (including phenoxy) is 1. The molecule has 3 atom stereocenters. The highest BCUT2D eigenvalue weighted by atomic mass is 16.6. The Morgan fingerprint density at radius 2 is 1.53 bits per heavy atom. The predicted molar refractivity (Wildman–Crippen MR) is 135 cm³/mol. The van der Waals surface area contributed by atoms with Crippen LogP contribution in [0.25, 0.3) is 11.1 Å². The maximum absolute atomic E-state index is 13.2. The average Bonchev–Trinajstić information content (AvgIpc) is 3.17. The Balaban J connectivity index is 1.52. The minimum Gasteiger partial charge on any atom is -0.481 e. The summed E-state index contributed by atoms with van der Waals surface area (Å²) in [7, 11) is 0. The number of carboxylic acids is 1. The number of hydrogen-bond acceptors (Lipinski definition) is 5. The molecule has 0 amide bonds. The Morgan fingerprint density at radius 1 is 0.861 bits per heavy atom. The highest BCUT2D eigenvalue weighted by Crippen LogP contribution is 2.45. The molecule has 1 saturated carbocycles. The molecule has 6 nitrogen and oxygen atoms in total. The number of carbonyl (C=O) groups excluding carboxylic acids is 2. The molecular formula is C30H30O6. The molecule has 0 spiro atoms. The van der Waals surface area contributed by atoms with Crippen molar-refractivity contribution in [1.29, 1.82) is 0 Å². The number of ketones is 1. The van der Waals surface area contributed by atoms with E-state index in [2.05, 4.69) is 0 Å². The van der Waals surface area contributed by atoms with E-state index in [9.17, 15) is 24.6 Å². The van der Waals surface area contributed by atoms with Gasteiger partial charge >= 0.3 is 11.9 Å². The molecule has 36 heavy (non-hydrogen) atoms. The number of aliphatic hydroxyl groups is 1. The van der Waals surface area contributed by atoms with Crippen molar-refractivity contribution in [2.24, 2.45) is 5.92 Å². The largest absolute Gasteiger partial charge is 0.481 e. The third kappa shape index (κ3) is 5.89. The van der Waals surface area contributed by atoms with Crippen molar-refractivity contribution in [1.82, 2.24) is 0 Å². The molecule has 186 valence electrons. The van der Waals surface area contributed by atoms with Gasteiger partial charge in [0.05, 0.1) is 18.1 Å². The van der Waals surface area contributed by atoms with Crippen molar-refractivity contribution >= 4 is 17.7 Å². The highest BCUT2D eigenvalue weighted by Gasteiger charge is 2.54. The number of benzene rings is 3. The minimum atomic E-state index is -1.58. The Kier molecular flexibility index (Phi) is 7.96. The van der Waals surface area contributed by atoms with E-state index in [0.29, 0.717) is 19.3 Å². The zero-order valence-electron chi connectivity index (χ0n) is 20.0. The van der Waals surface area contributed by atoms with Crippen LogP contribution < -0.4 is 0 Å². The van der Waals surface area contributed by atoms with E-state index in [0.717, 1.165) is 16.7 Å². The first-order valence-corrected chi connectivity index (χ1v) is 12.2. The zero-order valence-corrected chi connectivity index (χ0v) is 20.0. The summed E-state index contributed by atoms with van der Waals surface area (Å²) in [6, 6.07) is 25.9. The first-order chi connectivity index (χ1) is 17.4. The molecule has 6 heteroatoms. The van der Waals surface area contributed by atoms with Crippen LogP contribution in [0.2, 0.25) is 0 Å². The number of aliphatic hydroxyl groups excluding tert-OH is 1. The van der Waals surface area contributed by atoms with E-state index in [1.54, 1.807) is 18.2 Å². The van der Waals surface area contributed by atoms with Crippen molar-refractivity contribution in [3.8, 4) is 11.1 Å². The molecule has 0 radical (unpaired) electrons. The van der Waals surface area contributed by atoms with Crippen LogP contribution in [0.1, 0.15) is 48.0 Å². The van der Waals surface area contributed by atoms with E-state index < -0.39 is 36.0 Å². The molecule has 0 saturated heterocycles. The van der Waals surface area contributed by atoms with E-state index in [1.165, 1.54) is 0 Å². The molecule has 0 aromatic heterocycles. The Labute approximate surface area is 210 Å². The number of esters is 1. The molecule has 3 aromatic rings. The second kappa shape index (κ2) is 11.3. The molecule has 0 bridgehead atoms. The van der Waals surface area contributed by atoms with Crippen LogP contribution in [0.5, 0.6) is 0 Å². The summed E-state index contributed by atoms with van der Waals surface area (Å²) in [5, 5.41) is 20.5. The lowest BCUT2D eigenvalue weighted by molar-refractivity contribution is -0.152. The molecule has 4 rings (SSSR count). The molecule has 0 heterocycles. The van der Waals surface area contributed by atoms with Crippen molar-refractivity contribution in [3.63, 3.8) is 0 Å². The first kappa shape index (κ1) is 25.3. The summed E-state index contributed by atoms with van der Waals surface area (Å²) in [6.07, 6.45) is -0.0116. The Hall–Kier alpha value is -3.77. The van der Waals surface area contributed by atoms with Gasteiger partial charge in [0.15, 0.2) is 5.60 Å². The summed E-state index contributed by atoms with van der Waals surface area (Å²) >= 11 is 0. The van der Waals surface area contributed by atoms with Crippen LogP contribution in [0.4, 0.5) is 0 Å². The van der Waals surface area contributed by atoms with E-state index in [-0.39, 0.29) is 24.2 Å². The predicted octanol–water partition coefficient (Wildman–Crippen LogP) is 5.09. The van der Waals surface area contributed by atoms with Crippen molar-refractivity contribution < 1.29 is 29.3 Å². The summed E-state index contributed by atoms with van der Waals surface area (Å²) in [6.45, 7) is 0. The van der Waals surface area contributed by atoms with Gasteiger partial charge in [0.25, 0.3) is 0 Å². The SMILES string of the molecule is O=C(O)CC1(OC(=O)c2cccc(-c3ccccc3)c2)C(O)CCC1CCC(=O)Cc1ccccc1. The van der Waals surface area contributed by atoms with Crippen LogP contribution >= 0.6 is 0 Å². The van der Waals surface area contributed by atoms with E-state index >= 15 is 0 Å². The Morgan fingerprint density at radius 3 is 2.22 bits per heavy atom. The summed E-state index contributed by atoms with van der Waals surface area (Å²) in [5.74, 6) is -2.27. The topological polar surface area (TPSA) is 101 Å². The second-order valence-corrected chi connectivity index (χ2v) is 9.39. The van der Waals surface area contributed by atoms with Gasteiger partial charge in [-0.05, 0) is 48.1 Å². The average molecular weight is 487 g/mol. The number of Topliss-reactive ketones (excluding diaryl/α,β-unsaturated/α-hetero) is 1. The van der Waals surface area contributed by atoms with E-state index in [1.807, 2.05) is 66.7 Å². The van der Waals surface area contributed by atoms with Crippen molar-refractivity contribution in [2.75, 3.05) is 0 Å². The molecular weight excluding hydrogens is 456 g/mol. The van der Waals surface area contributed by atoms with Gasteiger partial charge in [0.2, 0.25) is 0 Å². The smallest absolute Gasteiger partial charge is 0.338 e. The molecule has 1 fully saturated rings. The van der Waals surface area contributed by atoms with Crippen LogP contribution in [0.15, 0.2) is 84.9 Å². The Bertz CT molecular complexity index is 1210. The number of carboxylic acid groups (broad SMARTS) is 1. The molecule has 1 aliphatic rings. The van der Waals surface area contributed by atoms with Gasteiger partial charge in [-0.15, -0.1) is 0 Å². The first-order valence-electron chi connectivity index (χ1n) is 12.2. The van der Waals surface area contributed by atoms with Crippen LogP contribution in [0.3, 0.4) is 0 Å². The number of rotatable bonds is 10. The zero-order chi connectivity index (χ0) is 25.5. The fraction of sp³-hybridized carbons (Fsp3) is 0.300. The maximum atomic E-state index is 13.2. The normalized spacial score (nSPS) is 21.1. The third-order valence-electron chi connectivity index (χ3n) is 6.98. The third-order valence-corrected chi connectivity index (χ3v) is 6.98. The maximum Gasteiger partial charge on any atom is 0.338 e. The van der Waals surface area contributed by atoms with Gasteiger partial charge in [-0.1, -0.05) is 72.8 Å². The van der Waals surface area contributed by atoms with E-state index in [4.69, 9.17) is 4.74 Å². The summed E-state index contributed by atoms with van der Waals surface area (Å²) < 4.78 is 5.88. The second-order valence-electron chi connectivity index (χ2n) is 9.39. The lowest BCUT2D eigenvalue weighted by Gasteiger charge is -2.36. The summed E-state index contributed by atoms with van der Waals surface area (Å²) in [5.41, 5.74) is 1.36. The molecule has 1 aliphatic carbocycles. The minimum absolute atomic E-state index is 0.0219. The molecule has 3 unspecified atom stereocenters. The fourth-order valence-corrected chi connectivity index (χ4v) is 5.13. The fourth-order valence-electron chi connectivity index (χ4n) is 5.13. The van der Waals surface area contributed by atoms with Gasteiger partial charge in [0.1, 0.15) is 5.78 Å². The summed E-state index contributed by atoms with van der Waals surface area (Å²) in [4.78, 5) is 37.7. The van der Waals surface area contributed by atoms with Crippen LogP contribution in [-0.4, -0.2) is 39.6 Å². The van der Waals surface area contributed by atoms with Gasteiger partial charge in [0, 0.05) is 18.8 Å². The van der Waals surface area contributed by atoms with Gasteiger partial charge in [-0.3, -0.25) is 9.59 Å². The van der Waals surface area contributed by atoms with Crippen molar-refractivity contribution in [3.05, 3.63) is 96.1 Å². The molecule has 0 aliphatic heterocycles. The number of aliphatic carboxylic acids is 1. The van der Waals surface area contributed by atoms with Crippen molar-refractivity contribution in [2.45, 2.75) is 50.2 Å². The lowest BCUT2D eigenvalue weighted by Crippen LogP contribution is -2.49. The highest BCUT2D eigenvalue weighted by molar-refractivity contribution is 5.91. The lowest BCUT2D eigenvalue weighted by atomic mass is 9.82. The van der Waals surface area contributed by atoms with Crippen LogP contribution in [-0.2, 0) is 20.7 Å². The van der Waals surface area contributed by atoms with Gasteiger partial charge in [-0.25, -0.2) is 4.79 Å². The van der Waals surface area contributed by atoms with Crippen LogP contribution in [0, 0.1) is 5.92 Å². The standard InChI is InChI=1S/C30H30O6/c31-26(18-21-8-3-1-4-9-21)16-14-25-15-17-27(32)30(25,20-28(33)34)36-29(35)24-13-7-12-23(19-24)22-10-5-2-6-11-22/h1-13,19,25,27,32H,14-18,20H2,(H,33,34). The molecule has 2 N–H and O–H groups in total. The number of carbonyl (C=O) groups is 3.